The second-order valence-electron chi connectivity index (χ2n) is 7.60. The van der Waals surface area contributed by atoms with Crippen LogP contribution in [0.3, 0.4) is 0 Å². The van der Waals surface area contributed by atoms with Gasteiger partial charge in [0.1, 0.15) is 0 Å². The number of likely N-dealkylation sites (tertiary alicyclic amines) is 1. The second kappa shape index (κ2) is 9.00. The molecule has 0 bridgehead atoms. The number of hydrogen-bond donors (Lipinski definition) is 2. The Hall–Kier alpha value is -1.40. The SMILES string of the molecule is CCCc1cc(C(=O)N2CCCC(CNC(=O)C3CCCN3)C2)sc1C. The van der Waals surface area contributed by atoms with Crippen LogP contribution in [0.25, 0.3) is 0 Å². The van der Waals surface area contributed by atoms with Crippen LogP contribution in [0.2, 0.25) is 0 Å². The summed E-state index contributed by atoms with van der Waals surface area (Å²) in [4.78, 5) is 29.2. The molecule has 1 aromatic rings. The van der Waals surface area contributed by atoms with Crippen molar-refractivity contribution in [1.82, 2.24) is 15.5 Å². The average Bonchev–Trinajstić information content (AvgIpc) is 3.30. The summed E-state index contributed by atoms with van der Waals surface area (Å²) in [6.07, 6.45) is 6.24. The van der Waals surface area contributed by atoms with E-state index >= 15 is 0 Å². The summed E-state index contributed by atoms with van der Waals surface area (Å²) in [7, 11) is 0. The van der Waals surface area contributed by atoms with E-state index in [9.17, 15) is 9.59 Å². The maximum absolute atomic E-state index is 12.9. The lowest BCUT2D eigenvalue weighted by Gasteiger charge is -2.32. The fourth-order valence-corrected chi connectivity index (χ4v) is 5.03. The van der Waals surface area contributed by atoms with Crippen molar-refractivity contribution >= 4 is 23.2 Å². The number of piperidine rings is 1. The van der Waals surface area contributed by atoms with E-state index in [4.69, 9.17) is 0 Å². The van der Waals surface area contributed by atoms with Gasteiger partial charge >= 0.3 is 0 Å². The predicted molar refractivity (Wildman–Crippen MR) is 106 cm³/mol. The molecule has 0 aromatic carbocycles. The van der Waals surface area contributed by atoms with Crippen molar-refractivity contribution in [2.75, 3.05) is 26.2 Å². The molecular weight excluding hydrogens is 346 g/mol. The van der Waals surface area contributed by atoms with Crippen molar-refractivity contribution < 1.29 is 9.59 Å². The Balaban J connectivity index is 1.53. The first-order valence-electron chi connectivity index (χ1n) is 9.98. The van der Waals surface area contributed by atoms with E-state index in [0.29, 0.717) is 12.5 Å². The fourth-order valence-electron chi connectivity index (χ4n) is 3.99. The number of hydrogen-bond acceptors (Lipinski definition) is 4. The molecule has 0 aliphatic carbocycles. The predicted octanol–water partition coefficient (Wildman–Crippen LogP) is 2.73. The molecule has 2 fully saturated rings. The van der Waals surface area contributed by atoms with Gasteiger partial charge in [-0.15, -0.1) is 11.3 Å². The van der Waals surface area contributed by atoms with Gasteiger partial charge in [0.25, 0.3) is 5.91 Å². The molecule has 0 spiro atoms. The molecule has 2 amide bonds. The highest BCUT2D eigenvalue weighted by Crippen LogP contribution is 2.26. The van der Waals surface area contributed by atoms with Crippen LogP contribution in [0.5, 0.6) is 0 Å². The number of nitrogens with one attached hydrogen (secondary N) is 2. The molecule has 6 heteroatoms. The highest BCUT2D eigenvalue weighted by atomic mass is 32.1. The Bertz CT molecular complexity index is 637. The largest absolute Gasteiger partial charge is 0.354 e. The van der Waals surface area contributed by atoms with Crippen molar-refractivity contribution in [3.05, 3.63) is 21.4 Å². The Morgan fingerprint density at radius 2 is 2.19 bits per heavy atom. The molecule has 3 rings (SSSR count). The monoisotopic (exact) mass is 377 g/mol. The molecule has 2 aliphatic rings. The third-order valence-corrected chi connectivity index (χ3v) is 6.58. The highest BCUT2D eigenvalue weighted by Gasteiger charge is 2.27. The smallest absolute Gasteiger partial charge is 0.263 e. The molecule has 0 saturated carbocycles. The van der Waals surface area contributed by atoms with Crippen LogP contribution < -0.4 is 10.6 Å². The fraction of sp³-hybridized carbons (Fsp3) is 0.700. The van der Waals surface area contributed by atoms with Gasteiger partial charge in [-0.1, -0.05) is 13.3 Å². The van der Waals surface area contributed by atoms with Crippen LogP contribution in [0.4, 0.5) is 0 Å². The topological polar surface area (TPSA) is 61.4 Å². The zero-order valence-corrected chi connectivity index (χ0v) is 16.8. The molecule has 2 atom stereocenters. The molecule has 3 heterocycles. The van der Waals surface area contributed by atoms with Crippen LogP contribution in [0, 0.1) is 12.8 Å². The third kappa shape index (κ3) is 4.65. The summed E-state index contributed by atoms with van der Waals surface area (Å²) in [6, 6.07) is 2.06. The molecule has 0 radical (unpaired) electrons. The Morgan fingerprint density at radius 3 is 2.92 bits per heavy atom. The van der Waals surface area contributed by atoms with Gasteiger partial charge in [-0.25, -0.2) is 0 Å². The van der Waals surface area contributed by atoms with Gasteiger partial charge in [-0.05, 0) is 63.1 Å². The van der Waals surface area contributed by atoms with Gasteiger partial charge in [0.15, 0.2) is 0 Å². The number of rotatable bonds is 6. The van der Waals surface area contributed by atoms with Crippen molar-refractivity contribution in [1.29, 1.82) is 0 Å². The normalized spacial score (nSPS) is 23.2. The van der Waals surface area contributed by atoms with Gasteiger partial charge in [-0.2, -0.15) is 0 Å². The van der Waals surface area contributed by atoms with Gasteiger partial charge < -0.3 is 15.5 Å². The van der Waals surface area contributed by atoms with Crippen molar-refractivity contribution in [3.63, 3.8) is 0 Å². The van der Waals surface area contributed by atoms with E-state index in [0.717, 1.165) is 63.0 Å². The molecule has 2 saturated heterocycles. The Labute approximate surface area is 160 Å². The summed E-state index contributed by atoms with van der Waals surface area (Å²) in [5.74, 6) is 0.632. The first-order valence-corrected chi connectivity index (χ1v) is 10.8. The standard InChI is InChI=1S/C20H31N3O2S/c1-3-6-16-11-18(26-14(16)2)20(25)23-10-5-7-15(13-23)12-22-19(24)17-8-4-9-21-17/h11,15,17,21H,3-10,12-13H2,1-2H3,(H,22,24). The lowest BCUT2D eigenvalue weighted by atomic mass is 9.97. The van der Waals surface area contributed by atoms with E-state index in [-0.39, 0.29) is 17.9 Å². The maximum atomic E-state index is 12.9. The molecule has 1 aromatic heterocycles. The molecule has 2 unspecified atom stereocenters. The number of amides is 2. The van der Waals surface area contributed by atoms with Crippen LogP contribution >= 0.6 is 11.3 Å². The minimum absolute atomic E-state index is 0.0255. The van der Waals surface area contributed by atoms with Gasteiger partial charge in [0.2, 0.25) is 5.91 Å². The number of carbonyl (C=O) groups excluding carboxylic acids is 2. The first kappa shape index (κ1) is 19.4. The zero-order chi connectivity index (χ0) is 18.5. The van der Waals surface area contributed by atoms with Crippen molar-refractivity contribution in [3.8, 4) is 0 Å². The molecule has 26 heavy (non-hydrogen) atoms. The summed E-state index contributed by atoms with van der Waals surface area (Å²) >= 11 is 1.62. The van der Waals surface area contributed by atoms with Crippen LogP contribution in [0.15, 0.2) is 6.07 Å². The van der Waals surface area contributed by atoms with Crippen LogP contribution in [-0.2, 0) is 11.2 Å². The van der Waals surface area contributed by atoms with Gasteiger partial charge in [-0.3, -0.25) is 9.59 Å². The van der Waals surface area contributed by atoms with E-state index in [1.165, 1.54) is 10.4 Å². The number of aryl methyl sites for hydroxylation is 2. The molecule has 2 N–H and O–H groups in total. The van der Waals surface area contributed by atoms with E-state index in [1.54, 1.807) is 11.3 Å². The van der Waals surface area contributed by atoms with Crippen molar-refractivity contribution in [2.45, 2.75) is 58.4 Å². The number of thiophene rings is 1. The van der Waals surface area contributed by atoms with Gasteiger partial charge in [0.05, 0.1) is 10.9 Å². The third-order valence-electron chi connectivity index (χ3n) is 5.50. The first-order chi connectivity index (χ1) is 12.6. The number of carbonyl (C=O) groups is 2. The van der Waals surface area contributed by atoms with E-state index in [2.05, 4.69) is 30.5 Å². The van der Waals surface area contributed by atoms with E-state index < -0.39 is 0 Å². The molecule has 5 nitrogen and oxygen atoms in total. The molecule has 2 aliphatic heterocycles. The lowest BCUT2D eigenvalue weighted by Crippen LogP contribution is -2.46. The lowest BCUT2D eigenvalue weighted by molar-refractivity contribution is -0.123. The second-order valence-corrected chi connectivity index (χ2v) is 8.85. The highest BCUT2D eigenvalue weighted by molar-refractivity contribution is 7.14. The zero-order valence-electron chi connectivity index (χ0n) is 16.0. The minimum atomic E-state index is -0.0255. The average molecular weight is 378 g/mol. The summed E-state index contributed by atoms with van der Waals surface area (Å²) < 4.78 is 0. The molecular formula is C20H31N3O2S. The Kier molecular flexibility index (Phi) is 6.70. The number of nitrogens with zero attached hydrogens (tertiary/aromatic N) is 1. The van der Waals surface area contributed by atoms with Crippen LogP contribution in [0.1, 0.15) is 59.1 Å². The summed E-state index contributed by atoms with van der Waals surface area (Å²) in [5, 5.41) is 6.32. The Morgan fingerprint density at radius 1 is 1.35 bits per heavy atom. The summed E-state index contributed by atoms with van der Waals surface area (Å²) in [6.45, 7) is 7.46. The van der Waals surface area contributed by atoms with Crippen LogP contribution in [-0.4, -0.2) is 48.9 Å². The van der Waals surface area contributed by atoms with Crippen molar-refractivity contribution in [2.24, 2.45) is 5.92 Å². The van der Waals surface area contributed by atoms with Gasteiger partial charge in [0, 0.05) is 24.5 Å². The molecule has 144 valence electrons. The van der Waals surface area contributed by atoms with E-state index in [1.807, 2.05) is 4.90 Å². The maximum Gasteiger partial charge on any atom is 0.263 e. The quantitative estimate of drug-likeness (QED) is 0.801. The minimum Gasteiger partial charge on any atom is -0.354 e. The summed E-state index contributed by atoms with van der Waals surface area (Å²) in [5.41, 5.74) is 1.31.